The van der Waals surface area contributed by atoms with E-state index >= 15 is 0 Å². The summed E-state index contributed by atoms with van der Waals surface area (Å²) in [5.41, 5.74) is -0.664. The second-order valence-corrected chi connectivity index (χ2v) is 5.57. The van der Waals surface area contributed by atoms with Gasteiger partial charge in [0.25, 0.3) is 0 Å². The molecule has 0 spiro atoms. The molecule has 0 aromatic rings. The summed E-state index contributed by atoms with van der Waals surface area (Å²) in [5, 5.41) is 28.7. The fourth-order valence-corrected chi connectivity index (χ4v) is 2.04. The first-order valence-corrected chi connectivity index (χ1v) is 5.70. The summed E-state index contributed by atoms with van der Waals surface area (Å²) in [5.74, 6) is 0.651. The maximum Gasteiger partial charge on any atom is 0.0846 e. The van der Waals surface area contributed by atoms with Gasteiger partial charge < -0.3 is 15.3 Å². The van der Waals surface area contributed by atoms with E-state index in [0.717, 1.165) is 6.42 Å². The van der Waals surface area contributed by atoms with Crippen LogP contribution in [0.25, 0.3) is 0 Å². The van der Waals surface area contributed by atoms with E-state index in [4.69, 9.17) is 5.11 Å². The Kier molecular flexibility index (Phi) is 5.78. The minimum atomic E-state index is -0.873. The van der Waals surface area contributed by atoms with Crippen LogP contribution in [0.4, 0.5) is 0 Å². The summed E-state index contributed by atoms with van der Waals surface area (Å²) in [4.78, 5) is 0. The van der Waals surface area contributed by atoms with Crippen molar-refractivity contribution in [3.05, 3.63) is 0 Å². The van der Waals surface area contributed by atoms with E-state index in [1.165, 1.54) is 0 Å². The molecule has 3 N–H and O–H groups in total. The fraction of sp³-hybridized carbons (Fsp3) is 1.00. The molecule has 0 saturated carbocycles. The van der Waals surface area contributed by atoms with E-state index in [1.54, 1.807) is 13.8 Å². The molecule has 92 valence electrons. The average Bonchev–Trinajstić information content (AvgIpc) is 2.13. The van der Waals surface area contributed by atoms with Crippen LogP contribution >= 0.6 is 0 Å². The number of aliphatic hydroxyl groups is 3. The van der Waals surface area contributed by atoms with Crippen molar-refractivity contribution >= 4 is 0 Å². The van der Waals surface area contributed by atoms with Gasteiger partial charge in [0.15, 0.2) is 0 Å². The van der Waals surface area contributed by atoms with Crippen molar-refractivity contribution in [2.75, 3.05) is 6.61 Å². The molecule has 0 bridgehead atoms. The minimum Gasteiger partial charge on any atom is -0.394 e. The van der Waals surface area contributed by atoms with Crippen LogP contribution in [0.5, 0.6) is 0 Å². The van der Waals surface area contributed by atoms with E-state index < -0.39 is 17.6 Å². The molecule has 0 rings (SSSR count). The Hall–Kier alpha value is -0.120. The van der Waals surface area contributed by atoms with Crippen molar-refractivity contribution in [2.45, 2.75) is 53.2 Å². The third-order valence-electron chi connectivity index (χ3n) is 3.18. The average molecular weight is 218 g/mol. The normalized spacial score (nSPS) is 19.0. The highest BCUT2D eigenvalue weighted by Crippen LogP contribution is 2.32. The van der Waals surface area contributed by atoms with Crippen molar-refractivity contribution in [1.82, 2.24) is 0 Å². The smallest absolute Gasteiger partial charge is 0.0846 e. The summed E-state index contributed by atoms with van der Waals surface area (Å²) in [6, 6.07) is 0. The van der Waals surface area contributed by atoms with Crippen LogP contribution in [0.15, 0.2) is 0 Å². The zero-order chi connectivity index (χ0) is 12.2. The van der Waals surface area contributed by atoms with Gasteiger partial charge in [0.05, 0.1) is 18.8 Å². The Morgan fingerprint density at radius 1 is 1.07 bits per heavy atom. The molecule has 0 saturated heterocycles. The van der Waals surface area contributed by atoms with Gasteiger partial charge in [-0.05, 0) is 18.3 Å². The topological polar surface area (TPSA) is 60.7 Å². The molecular weight excluding hydrogens is 192 g/mol. The third-order valence-corrected chi connectivity index (χ3v) is 3.18. The van der Waals surface area contributed by atoms with Gasteiger partial charge in [0.2, 0.25) is 0 Å². The van der Waals surface area contributed by atoms with Gasteiger partial charge >= 0.3 is 0 Å². The Labute approximate surface area is 93.1 Å². The van der Waals surface area contributed by atoms with Crippen LogP contribution in [-0.2, 0) is 0 Å². The van der Waals surface area contributed by atoms with E-state index in [-0.39, 0.29) is 12.5 Å². The quantitative estimate of drug-likeness (QED) is 0.631. The van der Waals surface area contributed by atoms with E-state index in [2.05, 4.69) is 13.8 Å². The van der Waals surface area contributed by atoms with Crippen LogP contribution in [0.1, 0.15) is 41.0 Å². The highest BCUT2D eigenvalue weighted by Gasteiger charge is 2.37. The van der Waals surface area contributed by atoms with Crippen molar-refractivity contribution in [1.29, 1.82) is 0 Å². The predicted molar refractivity (Wildman–Crippen MR) is 61.5 cm³/mol. The highest BCUT2D eigenvalue weighted by atomic mass is 16.3. The minimum absolute atomic E-state index is 0.126. The molecule has 0 aliphatic carbocycles. The summed E-state index contributed by atoms with van der Waals surface area (Å²) < 4.78 is 0. The Morgan fingerprint density at radius 3 is 1.87 bits per heavy atom. The molecule has 0 fully saturated rings. The second kappa shape index (κ2) is 5.83. The van der Waals surface area contributed by atoms with Crippen molar-refractivity contribution in [3.8, 4) is 0 Å². The van der Waals surface area contributed by atoms with Gasteiger partial charge in [-0.2, -0.15) is 0 Å². The molecule has 0 amide bonds. The molecule has 3 unspecified atom stereocenters. The molecule has 15 heavy (non-hydrogen) atoms. The lowest BCUT2D eigenvalue weighted by Gasteiger charge is -2.38. The van der Waals surface area contributed by atoms with Crippen LogP contribution in [0.2, 0.25) is 0 Å². The summed E-state index contributed by atoms with van der Waals surface area (Å²) in [7, 11) is 0. The second-order valence-electron chi connectivity index (χ2n) is 5.57. The van der Waals surface area contributed by atoms with Gasteiger partial charge in [-0.3, -0.25) is 0 Å². The van der Waals surface area contributed by atoms with E-state index in [9.17, 15) is 10.2 Å². The number of hydrogen-bond donors (Lipinski definition) is 3. The Balaban J connectivity index is 4.46. The molecule has 3 nitrogen and oxygen atoms in total. The van der Waals surface area contributed by atoms with Crippen molar-refractivity contribution in [2.24, 2.45) is 17.3 Å². The van der Waals surface area contributed by atoms with E-state index in [1.807, 2.05) is 6.92 Å². The Morgan fingerprint density at radius 2 is 1.53 bits per heavy atom. The molecule has 0 radical (unpaired) electrons. The van der Waals surface area contributed by atoms with E-state index in [0.29, 0.717) is 5.92 Å². The Bertz CT molecular complexity index is 178. The van der Waals surface area contributed by atoms with Crippen LogP contribution in [0, 0.1) is 17.3 Å². The van der Waals surface area contributed by atoms with Crippen LogP contribution < -0.4 is 0 Å². The molecule has 0 aromatic heterocycles. The lowest BCUT2D eigenvalue weighted by atomic mass is 9.74. The zero-order valence-electron chi connectivity index (χ0n) is 10.6. The molecule has 3 heteroatoms. The standard InChI is InChI=1S/C12H26O3/c1-8(2)6-9(3)11(15)12(4,5)10(14)7-13/h8-11,13-15H,6-7H2,1-5H3. The maximum atomic E-state index is 10.1. The molecule has 3 atom stereocenters. The van der Waals surface area contributed by atoms with Gasteiger partial charge in [0, 0.05) is 5.41 Å². The first-order valence-electron chi connectivity index (χ1n) is 5.70. The van der Waals surface area contributed by atoms with Gasteiger partial charge in [-0.15, -0.1) is 0 Å². The zero-order valence-corrected chi connectivity index (χ0v) is 10.6. The molecule has 0 aromatic carbocycles. The maximum absolute atomic E-state index is 10.1. The number of rotatable bonds is 6. The van der Waals surface area contributed by atoms with Gasteiger partial charge in [-0.25, -0.2) is 0 Å². The molecule has 0 aliphatic heterocycles. The molecule has 0 aliphatic rings. The molecule has 0 heterocycles. The largest absolute Gasteiger partial charge is 0.394 e. The fourth-order valence-electron chi connectivity index (χ4n) is 2.04. The third kappa shape index (κ3) is 4.09. The van der Waals surface area contributed by atoms with Crippen LogP contribution in [0.3, 0.4) is 0 Å². The highest BCUT2D eigenvalue weighted by molar-refractivity contribution is 4.87. The SMILES string of the molecule is CC(C)CC(C)C(O)C(C)(C)C(O)CO. The first kappa shape index (κ1) is 14.9. The first-order chi connectivity index (χ1) is 6.73. The summed E-state index contributed by atoms with van der Waals surface area (Å²) in [6.07, 6.45) is -0.549. The predicted octanol–water partition coefficient (Wildman–Crippen LogP) is 1.41. The monoisotopic (exact) mass is 218 g/mol. The summed E-state index contributed by atoms with van der Waals surface area (Å²) >= 11 is 0. The van der Waals surface area contributed by atoms with Crippen molar-refractivity contribution in [3.63, 3.8) is 0 Å². The van der Waals surface area contributed by atoms with Crippen molar-refractivity contribution < 1.29 is 15.3 Å². The lowest BCUT2D eigenvalue weighted by Crippen LogP contribution is -2.45. The lowest BCUT2D eigenvalue weighted by molar-refractivity contribution is -0.0905. The van der Waals surface area contributed by atoms with Gasteiger partial charge in [0.1, 0.15) is 0 Å². The number of aliphatic hydroxyl groups excluding tert-OH is 3. The van der Waals surface area contributed by atoms with Gasteiger partial charge in [-0.1, -0.05) is 34.6 Å². The number of hydrogen-bond acceptors (Lipinski definition) is 3. The van der Waals surface area contributed by atoms with Crippen LogP contribution in [-0.4, -0.2) is 34.1 Å². The summed E-state index contributed by atoms with van der Waals surface area (Å²) in [6.45, 7) is 9.47. The molecular formula is C12H26O3.